The Labute approximate surface area is 109 Å². The molecule has 0 bridgehead atoms. The smallest absolute Gasteiger partial charge is 0.257 e. The van der Waals surface area contributed by atoms with Crippen molar-refractivity contribution in [2.75, 3.05) is 5.73 Å². The molecule has 0 spiro atoms. The summed E-state index contributed by atoms with van der Waals surface area (Å²) in [6.07, 6.45) is 2.98. The minimum atomic E-state index is -0.440. The van der Waals surface area contributed by atoms with Crippen LogP contribution in [0.3, 0.4) is 0 Å². The van der Waals surface area contributed by atoms with Gasteiger partial charge in [-0.15, -0.1) is 0 Å². The predicted molar refractivity (Wildman–Crippen MR) is 70.6 cm³/mol. The van der Waals surface area contributed by atoms with Gasteiger partial charge in [0.1, 0.15) is 11.4 Å². The average molecular weight is 261 g/mol. The van der Waals surface area contributed by atoms with Crippen molar-refractivity contribution in [1.29, 1.82) is 0 Å². The van der Waals surface area contributed by atoms with Crippen LogP contribution in [0.25, 0.3) is 0 Å². The van der Waals surface area contributed by atoms with E-state index in [1.807, 2.05) is 0 Å². The zero-order chi connectivity index (χ0) is 14.0. The monoisotopic (exact) mass is 261 g/mol. The number of H-pyrrole nitrogens is 1. The van der Waals surface area contributed by atoms with Crippen LogP contribution in [0.5, 0.6) is 0 Å². The molecule has 0 fully saturated rings. The average Bonchev–Trinajstić information content (AvgIpc) is 2.67. The SMILES string of the molecule is Cc1cc(=O)c(C(=O)NCc2cnn(C)c2N)c[nH]1. The lowest BCUT2D eigenvalue weighted by molar-refractivity contribution is 0.0949. The van der Waals surface area contributed by atoms with Gasteiger partial charge in [-0.3, -0.25) is 14.3 Å². The Hall–Kier alpha value is -2.57. The Morgan fingerprint density at radius 1 is 1.58 bits per heavy atom. The van der Waals surface area contributed by atoms with Crippen LogP contribution < -0.4 is 16.5 Å². The Balaban J connectivity index is 2.10. The van der Waals surface area contributed by atoms with E-state index in [1.165, 1.54) is 16.9 Å². The summed E-state index contributed by atoms with van der Waals surface area (Å²) in [7, 11) is 1.71. The third kappa shape index (κ3) is 2.65. The quantitative estimate of drug-likeness (QED) is 0.719. The van der Waals surface area contributed by atoms with E-state index in [0.29, 0.717) is 17.1 Å². The number of rotatable bonds is 3. The van der Waals surface area contributed by atoms with E-state index in [4.69, 9.17) is 5.73 Å². The highest BCUT2D eigenvalue weighted by Gasteiger charge is 2.11. The molecule has 0 aliphatic heterocycles. The molecule has 0 saturated heterocycles. The molecule has 2 rings (SSSR count). The Bertz CT molecular complexity index is 671. The molecular formula is C12H15N5O2. The zero-order valence-corrected chi connectivity index (χ0v) is 10.7. The number of carbonyl (C=O) groups excluding carboxylic acids is 1. The number of hydrogen-bond donors (Lipinski definition) is 3. The summed E-state index contributed by atoms with van der Waals surface area (Å²) in [6, 6.07) is 1.38. The van der Waals surface area contributed by atoms with Crippen LogP contribution in [0, 0.1) is 6.92 Å². The first-order chi connectivity index (χ1) is 8.99. The summed E-state index contributed by atoms with van der Waals surface area (Å²) in [5.74, 6) is 0.0441. The highest BCUT2D eigenvalue weighted by Crippen LogP contribution is 2.08. The number of nitrogens with two attached hydrogens (primary N) is 1. The fourth-order valence-corrected chi connectivity index (χ4v) is 1.65. The van der Waals surface area contributed by atoms with E-state index in [0.717, 1.165) is 0 Å². The molecule has 0 unspecified atom stereocenters. The molecule has 7 nitrogen and oxygen atoms in total. The summed E-state index contributed by atoms with van der Waals surface area (Å²) in [5, 5.41) is 6.61. The summed E-state index contributed by atoms with van der Waals surface area (Å²) < 4.78 is 1.51. The second-order valence-electron chi connectivity index (χ2n) is 4.26. The maximum absolute atomic E-state index is 11.9. The minimum Gasteiger partial charge on any atom is -0.384 e. The van der Waals surface area contributed by atoms with Crippen LogP contribution >= 0.6 is 0 Å². The molecule has 19 heavy (non-hydrogen) atoms. The molecule has 1 amide bonds. The summed E-state index contributed by atoms with van der Waals surface area (Å²) in [6.45, 7) is 1.98. The van der Waals surface area contributed by atoms with Crippen LogP contribution in [-0.4, -0.2) is 20.7 Å². The van der Waals surface area contributed by atoms with Gasteiger partial charge in [0.15, 0.2) is 5.43 Å². The van der Waals surface area contributed by atoms with Crippen molar-refractivity contribution < 1.29 is 4.79 Å². The van der Waals surface area contributed by atoms with Gasteiger partial charge in [-0.05, 0) is 6.92 Å². The number of nitrogen functional groups attached to an aromatic ring is 1. The van der Waals surface area contributed by atoms with E-state index in [1.54, 1.807) is 20.2 Å². The first-order valence-electron chi connectivity index (χ1n) is 5.73. The number of anilines is 1. The van der Waals surface area contributed by atoms with Gasteiger partial charge in [-0.2, -0.15) is 5.10 Å². The lowest BCUT2D eigenvalue weighted by Gasteiger charge is -2.04. The van der Waals surface area contributed by atoms with Crippen molar-refractivity contribution >= 4 is 11.7 Å². The molecule has 100 valence electrons. The second kappa shape index (κ2) is 4.97. The van der Waals surface area contributed by atoms with Crippen LogP contribution in [0.2, 0.25) is 0 Å². The van der Waals surface area contributed by atoms with Gasteiger partial charge in [0.25, 0.3) is 5.91 Å². The third-order valence-electron chi connectivity index (χ3n) is 2.81. The first-order valence-corrected chi connectivity index (χ1v) is 5.73. The molecule has 7 heteroatoms. The van der Waals surface area contributed by atoms with Crippen LogP contribution in [0.15, 0.2) is 23.3 Å². The maximum Gasteiger partial charge on any atom is 0.257 e. The fraction of sp³-hybridized carbons (Fsp3) is 0.250. The van der Waals surface area contributed by atoms with Crippen LogP contribution in [-0.2, 0) is 13.6 Å². The number of hydrogen-bond acceptors (Lipinski definition) is 4. The lowest BCUT2D eigenvalue weighted by atomic mass is 10.2. The normalized spacial score (nSPS) is 10.4. The molecule has 0 aliphatic carbocycles. The minimum absolute atomic E-state index is 0.0769. The second-order valence-corrected chi connectivity index (χ2v) is 4.26. The van der Waals surface area contributed by atoms with Gasteiger partial charge >= 0.3 is 0 Å². The molecule has 0 atom stereocenters. The molecule has 2 aromatic heterocycles. The number of aryl methyl sites for hydroxylation is 2. The van der Waals surface area contributed by atoms with Crippen LogP contribution in [0.1, 0.15) is 21.6 Å². The van der Waals surface area contributed by atoms with Gasteiger partial charge in [0.05, 0.1) is 6.20 Å². The summed E-state index contributed by atoms with van der Waals surface area (Å²) in [5.41, 5.74) is 6.94. The lowest BCUT2D eigenvalue weighted by Crippen LogP contribution is -2.28. The Kier molecular flexibility index (Phi) is 3.37. The maximum atomic E-state index is 11.9. The molecule has 2 aromatic rings. The molecule has 0 aromatic carbocycles. The summed E-state index contributed by atoms with van der Waals surface area (Å²) in [4.78, 5) is 26.3. The van der Waals surface area contributed by atoms with Gasteiger partial charge < -0.3 is 16.0 Å². The van der Waals surface area contributed by atoms with Crippen molar-refractivity contribution in [3.05, 3.63) is 45.5 Å². The molecule has 0 radical (unpaired) electrons. The molecular weight excluding hydrogens is 246 g/mol. The number of nitrogens with one attached hydrogen (secondary N) is 2. The van der Waals surface area contributed by atoms with Crippen molar-refractivity contribution in [2.45, 2.75) is 13.5 Å². The van der Waals surface area contributed by atoms with Crippen LogP contribution in [0.4, 0.5) is 5.82 Å². The number of amides is 1. The van der Waals surface area contributed by atoms with Crippen molar-refractivity contribution in [3.63, 3.8) is 0 Å². The molecule has 4 N–H and O–H groups in total. The molecule has 0 saturated carbocycles. The summed E-state index contributed by atoms with van der Waals surface area (Å²) >= 11 is 0. The number of nitrogens with zero attached hydrogens (tertiary/aromatic N) is 2. The number of pyridine rings is 1. The Morgan fingerprint density at radius 2 is 2.32 bits per heavy atom. The topological polar surface area (TPSA) is 106 Å². The zero-order valence-electron chi connectivity index (χ0n) is 10.7. The van der Waals surface area contributed by atoms with Crippen molar-refractivity contribution in [1.82, 2.24) is 20.1 Å². The molecule has 0 aliphatic rings. The van der Waals surface area contributed by atoms with E-state index in [2.05, 4.69) is 15.4 Å². The fourth-order valence-electron chi connectivity index (χ4n) is 1.65. The van der Waals surface area contributed by atoms with Gasteiger partial charge in [0, 0.05) is 37.1 Å². The predicted octanol–water partition coefficient (Wildman–Crippen LogP) is -0.0710. The van der Waals surface area contributed by atoms with E-state index < -0.39 is 5.91 Å². The molecule has 2 heterocycles. The number of carbonyl (C=O) groups is 1. The van der Waals surface area contributed by atoms with Gasteiger partial charge in [-0.25, -0.2) is 0 Å². The van der Waals surface area contributed by atoms with E-state index >= 15 is 0 Å². The third-order valence-corrected chi connectivity index (χ3v) is 2.81. The van der Waals surface area contributed by atoms with Crippen molar-refractivity contribution in [2.24, 2.45) is 7.05 Å². The standard InChI is InChI=1S/C12H15N5O2/c1-7-3-10(18)9(6-14-7)12(19)15-4-8-5-16-17(2)11(8)13/h3,5-6H,4,13H2,1-2H3,(H,14,18)(H,15,19). The largest absolute Gasteiger partial charge is 0.384 e. The van der Waals surface area contributed by atoms with Gasteiger partial charge in [-0.1, -0.05) is 0 Å². The number of aromatic nitrogens is 3. The van der Waals surface area contributed by atoms with Crippen molar-refractivity contribution in [3.8, 4) is 0 Å². The Morgan fingerprint density at radius 3 is 2.89 bits per heavy atom. The van der Waals surface area contributed by atoms with E-state index in [9.17, 15) is 9.59 Å². The number of aromatic amines is 1. The first kappa shape index (κ1) is 12.9. The highest BCUT2D eigenvalue weighted by atomic mass is 16.2. The van der Waals surface area contributed by atoms with Gasteiger partial charge in [0.2, 0.25) is 0 Å². The highest BCUT2D eigenvalue weighted by molar-refractivity contribution is 5.93. The van der Waals surface area contributed by atoms with E-state index in [-0.39, 0.29) is 17.5 Å².